The van der Waals surface area contributed by atoms with Crippen LogP contribution < -0.4 is 4.90 Å². The Kier molecular flexibility index (Phi) is 4.67. The number of fused-ring (bicyclic) bond motifs is 9. The zero-order valence-corrected chi connectivity index (χ0v) is 22.2. The number of furan rings is 1. The molecule has 41 heavy (non-hydrogen) atoms. The van der Waals surface area contributed by atoms with E-state index in [0.717, 1.165) is 44.6 Å². The van der Waals surface area contributed by atoms with E-state index in [4.69, 9.17) is 9.41 Å². The van der Waals surface area contributed by atoms with Gasteiger partial charge in [0.15, 0.2) is 6.17 Å². The fourth-order valence-corrected chi connectivity index (χ4v) is 6.54. The van der Waals surface area contributed by atoms with Crippen molar-refractivity contribution in [3.05, 3.63) is 151 Å². The highest BCUT2D eigenvalue weighted by atomic mass is 16.3. The zero-order chi connectivity index (χ0) is 26.9. The molecule has 0 saturated carbocycles. The Morgan fingerprint density at radius 3 is 1.78 bits per heavy atom. The van der Waals surface area contributed by atoms with Gasteiger partial charge in [-0.2, -0.15) is 0 Å². The van der Waals surface area contributed by atoms with Crippen molar-refractivity contribution in [3.8, 4) is 0 Å². The van der Waals surface area contributed by atoms with Crippen molar-refractivity contribution in [2.75, 3.05) is 4.90 Å². The number of para-hydroxylation sites is 2. The van der Waals surface area contributed by atoms with Gasteiger partial charge in [-0.1, -0.05) is 103 Å². The van der Waals surface area contributed by atoms with Crippen molar-refractivity contribution in [1.82, 2.24) is 0 Å². The van der Waals surface area contributed by atoms with Gasteiger partial charge in [0.1, 0.15) is 17.0 Å². The summed E-state index contributed by atoms with van der Waals surface area (Å²) in [6, 6.07) is 49.5. The summed E-state index contributed by atoms with van der Waals surface area (Å²) < 4.78 is 6.10. The van der Waals surface area contributed by atoms with Crippen LogP contribution in [0, 0.1) is 0 Å². The highest BCUT2D eigenvalue weighted by Crippen LogP contribution is 2.42. The molecule has 0 amide bonds. The van der Waals surface area contributed by atoms with Crippen LogP contribution >= 0.6 is 0 Å². The van der Waals surface area contributed by atoms with E-state index in [1.54, 1.807) is 0 Å². The molecule has 0 saturated heterocycles. The Balaban J connectivity index is 1.24. The van der Waals surface area contributed by atoms with Gasteiger partial charge in [0.05, 0.1) is 0 Å². The molecule has 0 radical (unpaired) electrons. The third kappa shape index (κ3) is 3.30. The summed E-state index contributed by atoms with van der Waals surface area (Å²) in [4.78, 5) is 7.61. The molecule has 8 aromatic rings. The Morgan fingerprint density at radius 1 is 0.463 bits per heavy atom. The number of rotatable bonds is 3. The van der Waals surface area contributed by atoms with Crippen molar-refractivity contribution in [1.29, 1.82) is 0 Å². The van der Waals surface area contributed by atoms with Crippen LogP contribution in [0.25, 0.3) is 54.3 Å². The summed E-state index contributed by atoms with van der Waals surface area (Å²) in [5.74, 6) is 0.984. The first kappa shape index (κ1) is 22.4. The van der Waals surface area contributed by atoms with Gasteiger partial charge in [-0.3, -0.25) is 4.90 Å². The maximum absolute atomic E-state index is 6.10. The Bertz CT molecular complexity index is 2300. The van der Waals surface area contributed by atoms with E-state index in [-0.39, 0.29) is 6.17 Å². The molecule has 0 N–H and O–H groups in total. The molecule has 1 atom stereocenters. The Hall–Kier alpha value is -5.41. The van der Waals surface area contributed by atoms with Gasteiger partial charge >= 0.3 is 0 Å². The first-order valence-corrected chi connectivity index (χ1v) is 14.0. The van der Waals surface area contributed by atoms with Crippen LogP contribution in [-0.4, -0.2) is 5.84 Å². The third-order valence-corrected chi connectivity index (χ3v) is 8.45. The topological polar surface area (TPSA) is 28.7 Å². The fraction of sp³-hybridized carbons (Fsp3) is 0.0263. The summed E-state index contributed by atoms with van der Waals surface area (Å²) in [5.41, 5.74) is 5.21. The molecule has 192 valence electrons. The number of hydrogen-bond donors (Lipinski definition) is 0. The van der Waals surface area contributed by atoms with E-state index in [9.17, 15) is 0 Å². The predicted octanol–water partition coefficient (Wildman–Crippen LogP) is 10.0. The molecular formula is C38H24N2O. The van der Waals surface area contributed by atoms with Gasteiger partial charge < -0.3 is 4.42 Å². The minimum absolute atomic E-state index is 0.116. The van der Waals surface area contributed by atoms with E-state index in [1.165, 1.54) is 32.3 Å². The number of hydrogen-bond acceptors (Lipinski definition) is 3. The van der Waals surface area contributed by atoms with Gasteiger partial charge in [-0.05, 0) is 74.3 Å². The second kappa shape index (κ2) is 8.54. The average Bonchev–Trinajstić information content (AvgIpc) is 3.39. The lowest BCUT2D eigenvalue weighted by atomic mass is 9.92. The predicted molar refractivity (Wildman–Crippen MR) is 171 cm³/mol. The molecule has 0 fully saturated rings. The molecule has 2 heterocycles. The molecule has 9 rings (SSSR count). The standard InChI is InChI=1S/C38H24N2O/c1-2-10-26(11-3-1)40-37(39-38(40)25-19-21-36-34(23-25)32-16-8-9-17-35(32)41-36)24-18-20-31-29-14-5-4-12-27(29)28-13-6-7-15-30(28)33(31)22-24/h1-23,38H. The van der Waals surface area contributed by atoms with Gasteiger partial charge in [-0.15, -0.1) is 0 Å². The second-order valence-electron chi connectivity index (χ2n) is 10.7. The lowest BCUT2D eigenvalue weighted by Crippen LogP contribution is -2.43. The van der Waals surface area contributed by atoms with Gasteiger partial charge in [0, 0.05) is 22.0 Å². The highest BCUT2D eigenvalue weighted by molar-refractivity contribution is 6.27. The van der Waals surface area contributed by atoms with Crippen LogP contribution in [0.3, 0.4) is 0 Å². The molecule has 3 nitrogen and oxygen atoms in total. The average molecular weight is 525 g/mol. The van der Waals surface area contributed by atoms with E-state index in [1.807, 2.05) is 12.1 Å². The van der Waals surface area contributed by atoms with Crippen molar-refractivity contribution in [2.24, 2.45) is 4.99 Å². The van der Waals surface area contributed by atoms with Crippen molar-refractivity contribution < 1.29 is 4.42 Å². The lowest BCUT2D eigenvalue weighted by molar-refractivity contribution is 0.666. The van der Waals surface area contributed by atoms with Crippen LogP contribution in [0.15, 0.2) is 149 Å². The van der Waals surface area contributed by atoms with Crippen LogP contribution in [0.1, 0.15) is 17.3 Å². The van der Waals surface area contributed by atoms with E-state index >= 15 is 0 Å². The summed E-state index contributed by atoms with van der Waals surface area (Å²) >= 11 is 0. The minimum Gasteiger partial charge on any atom is -0.456 e. The van der Waals surface area contributed by atoms with Gasteiger partial charge in [0.2, 0.25) is 0 Å². The number of aliphatic imine (C=N–C) groups is 1. The van der Waals surface area contributed by atoms with E-state index in [2.05, 4.69) is 132 Å². The molecule has 0 aliphatic carbocycles. The highest BCUT2D eigenvalue weighted by Gasteiger charge is 2.35. The maximum Gasteiger partial charge on any atom is 0.155 e. The molecule has 1 aliphatic rings. The monoisotopic (exact) mass is 524 g/mol. The van der Waals surface area contributed by atoms with Gasteiger partial charge in [0.25, 0.3) is 0 Å². The molecule has 1 aliphatic heterocycles. The quantitative estimate of drug-likeness (QED) is 0.215. The number of benzene rings is 7. The molecule has 0 spiro atoms. The number of anilines is 1. The summed E-state index contributed by atoms with van der Waals surface area (Å²) in [6.45, 7) is 0. The molecule has 1 unspecified atom stereocenters. The number of amidine groups is 1. The Labute approximate surface area is 236 Å². The molecule has 0 bridgehead atoms. The summed E-state index contributed by atoms with van der Waals surface area (Å²) in [6.07, 6.45) is -0.116. The molecule has 3 heteroatoms. The van der Waals surface area contributed by atoms with Crippen LogP contribution in [0.4, 0.5) is 5.69 Å². The van der Waals surface area contributed by atoms with Crippen LogP contribution in [-0.2, 0) is 0 Å². The smallest absolute Gasteiger partial charge is 0.155 e. The maximum atomic E-state index is 6.10. The molecular weight excluding hydrogens is 500 g/mol. The second-order valence-corrected chi connectivity index (χ2v) is 10.7. The molecule has 7 aromatic carbocycles. The van der Waals surface area contributed by atoms with E-state index < -0.39 is 0 Å². The lowest BCUT2D eigenvalue weighted by Gasteiger charge is -2.40. The minimum atomic E-state index is -0.116. The Morgan fingerprint density at radius 2 is 1.05 bits per heavy atom. The summed E-state index contributed by atoms with van der Waals surface area (Å²) in [5, 5.41) is 9.89. The largest absolute Gasteiger partial charge is 0.456 e. The van der Waals surface area contributed by atoms with Crippen LogP contribution in [0.2, 0.25) is 0 Å². The normalized spacial score (nSPS) is 15.2. The first-order chi connectivity index (χ1) is 20.3. The SMILES string of the molecule is c1ccc(N2C(c3ccc4c5ccccc5c5ccccc5c4c3)=NC2c2ccc3oc4ccccc4c3c2)cc1. The van der Waals surface area contributed by atoms with Gasteiger partial charge in [-0.25, -0.2) is 4.99 Å². The van der Waals surface area contributed by atoms with Crippen molar-refractivity contribution >= 4 is 65.8 Å². The first-order valence-electron chi connectivity index (χ1n) is 14.0. The fourth-order valence-electron chi connectivity index (χ4n) is 6.54. The third-order valence-electron chi connectivity index (χ3n) is 8.45. The number of nitrogens with zero attached hydrogens (tertiary/aromatic N) is 2. The zero-order valence-electron chi connectivity index (χ0n) is 22.2. The van der Waals surface area contributed by atoms with Crippen molar-refractivity contribution in [3.63, 3.8) is 0 Å². The van der Waals surface area contributed by atoms with E-state index in [0.29, 0.717) is 0 Å². The van der Waals surface area contributed by atoms with Crippen LogP contribution in [0.5, 0.6) is 0 Å². The molecule has 1 aromatic heterocycles. The summed E-state index contributed by atoms with van der Waals surface area (Å²) in [7, 11) is 0. The van der Waals surface area contributed by atoms with Crippen molar-refractivity contribution in [2.45, 2.75) is 6.17 Å².